The van der Waals surface area contributed by atoms with Crippen LogP contribution in [0.4, 0.5) is 0 Å². The standard InChI is InChI=1S/C16H23IN4/c1-4-12-9-13(21(5-2)20-12)10-15(19-18)14-8-6-7-11(3)16(14)17/h6-9,15,19H,4-5,10,18H2,1-3H3. The Labute approximate surface area is 140 Å². The van der Waals surface area contributed by atoms with Crippen LogP contribution in [0.25, 0.3) is 0 Å². The van der Waals surface area contributed by atoms with Gasteiger partial charge in [0.15, 0.2) is 0 Å². The highest BCUT2D eigenvalue weighted by Gasteiger charge is 2.17. The van der Waals surface area contributed by atoms with Gasteiger partial charge in [-0.15, -0.1) is 0 Å². The minimum absolute atomic E-state index is 0.100. The van der Waals surface area contributed by atoms with Crippen molar-refractivity contribution in [3.8, 4) is 0 Å². The van der Waals surface area contributed by atoms with E-state index >= 15 is 0 Å². The van der Waals surface area contributed by atoms with E-state index < -0.39 is 0 Å². The number of halogens is 1. The third-order valence-electron chi connectivity index (χ3n) is 3.79. The van der Waals surface area contributed by atoms with Crippen LogP contribution >= 0.6 is 22.6 Å². The number of benzene rings is 1. The molecule has 0 aliphatic carbocycles. The van der Waals surface area contributed by atoms with Gasteiger partial charge in [0.05, 0.1) is 11.7 Å². The molecule has 1 atom stereocenters. The summed E-state index contributed by atoms with van der Waals surface area (Å²) in [5.74, 6) is 5.82. The Hall–Kier alpha value is -0.920. The minimum atomic E-state index is 0.100. The first-order valence-corrected chi connectivity index (χ1v) is 8.45. The maximum atomic E-state index is 5.82. The zero-order chi connectivity index (χ0) is 15.4. The van der Waals surface area contributed by atoms with Gasteiger partial charge in [0.25, 0.3) is 0 Å². The Kier molecular flexibility index (Phi) is 5.78. The number of hydrogen-bond donors (Lipinski definition) is 2. The van der Waals surface area contributed by atoms with E-state index in [4.69, 9.17) is 5.84 Å². The molecule has 1 aromatic carbocycles. The quantitative estimate of drug-likeness (QED) is 0.447. The Morgan fingerprint density at radius 1 is 1.38 bits per heavy atom. The van der Waals surface area contributed by atoms with E-state index in [2.05, 4.69) is 82.8 Å². The van der Waals surface area contributed by atoms with Crippen LogP contribution in [0, 0.1) is 10.5 Å². The fraction of sp³-hybridized carbons (Fsp3) is 0.438. The first-order chi connectivity index (χ1) is 10.1. The van der Waals surface area contributed by atoms with E-state index in [0.717, 1.165) is 25.1 Å². The van der Waals surface area contributed by atoms with Gasteiger partial charge >= 0.3 is 0 Å². The summed E-state index contributed by atoms with van der Waals surface area (Å²) in [6.07, 6.45) is 1.81. The van der Waals surface area contributed by atoms with Gasteiger partial charge in [0, 0.05) is 22.2 Å². The molecule has 0 fully saturated rings. The molecule has 4 nitrogen and oxygen atoms in total. The van der Waals surface area contributed by atoms with Crippen LogP contribution in [-0.2, 0) is 19.4 Å². The lowest BCUT2D eigenvalue weighted by Crippen LogP contribution is -2.31. The molecule has 0 saturated carbocycles. The summed E-state index contributed by atoms with van der Waals surface area (Å²) in [4.78, 5) is 0. The molecule has 0 saturated heterocycles. The Morgan fingerprint density at radius 2 is 2.14 bits per heavy atom. The highest BCUT2D eigenvalue weighted by Crippen LogP contribution is 2.25. The number of rotatable bonds is 6. The maximum Gasteiger partial charge on any atom is 0.0624 e. The molecule has 114 valence electrons. The Bertz CT molecular complexity index is 606. The lowest BCUT2D eigenvalue weighted by atomic mass is 10.0. The highest BCUT2D eigenvalue weighted by atomic mass is 127. The molecule has 0 aliphatic rings. The zero-order valence-corrected chi connectivity index (χ0v) is 15.0. The van der Waals surface area contributed by atoms with E-state index in [9.17, 15) is 0 Å². The number of aryl methyl sites for hydroxylation is 3. The van der Waals surface area contributed by atoms with E-state index in [0.29, 0.717) is 0 Å². The van der Waals surface area contributed by atoms with Crippen molar-refractivity contribution in [1.29, 1.82) is 0 Å². The van der Waals surface area contributed by atoms with Crippen LogP contribution < -0.4 is 11.3 Å². The van der Waals surface area contributed by atoms with Crippen LogP contribution in [0.1, 0.15) is 42.4 Å². The van der Waals surface area contributed by atoms with Crippen LogP contribution in [0.3, 0.4) is 0 Å². The normalized spacial score (nSPS) is 12.6. The van der Waals surface area contributed by atoms with E-state index in [-0.39, 0.29) is 6.04 Å². The fourth-order valence-electron chi connectivity index (χ4n) is 2.53. The van der Waals surface area contributed by atoms with Crippen molar-refractivity contribution in [2.24, 2.45) is 5.84 Å². The van der Waals surface area contributed by atoms with Gasteiger partial charge in [0.1, 0.15) is 0 Å². The number of nitrogens with zero attached hydrogens (tertiary/aromatic N) is 2. The van der Waals surface area contributed by atoms with Gasteiger partial charge in [-0.2, -0.15) is 5.10 Å². The molecular weight excluding hydrogens is 375 g/mol. The van der Waals surface area contributed by atoms with Crippen molar-refractivity contribution in [2.75, 3.05) is 0 Å². The lowest BCUT2D eigenvalue weighted by Gasteiger charge is -2.19. The second-order valence-corrected chi connectivity index (χ2v) is 6.28. The van der Waals surface area contributed by atoms with Crippen LogP contribution in [-0.4, -0.2) is 9.78 Å². The molecule has 0 amide bonds. The molecule has 1 heterocycles. The van der Waals surface area contributed by atoms with Gasteiger partial charge in [0.2, 0.25) is 0 Å². The highest BCUT2D eigenvalue weighted by molar-refractivity contribution is 14.1. The van der Waals surface area contributed by atoms with Crippen LogP contribution in [0.15, 0.2) is 24.3 Å². The van der Waals surface area contributed by atoms with Crippen molar-refractivity contribution >= 4 is 22.6 Å². The van der Waals surface area contributed by atoms with E-state index in [1.165, 1.54) is 20.4 Å². The smallest absolute Gasteiger partial charge is 0.0624 e. The second kappa shape index (κ2) is 7.38. The summed E-state index contributed by atoms with van der Waals surface area (Å²) >= 11 is 2.40. The molecular formula is C16H23IN4. The molecule has 1 unspecified atom stereocenters. The van der Waals surface area contributed by atoms with E-state index in [1.54, 1.807) is 0 Å². The first-order valence-electron chi connectivity index (χ1n) is 7.37. The average molecular weight is 398 g/mol. The summed E-state index contributed by atoms with van der Waals surface area (Å²) in [5, 5.41) is 4.61. The fourth-order valence-corrected chi connectivity index (χ4v) is 3.27. The van der Waals surface area contributed by atoms with Gasteiger partial charge in [-0.3, -0.25) is 16.0 Å². The predicted molar refractivity (Wildman–Crippen MR) is 94.9 cm³/mol. The molecule has 0 aliphatic heterocycles. The third kappa shape index (κ3) is 3.64. The van der Waals surface area contributed by atoms with Crippen molar-refractivity contribution < 1.29 is 0 Å². The van der Waals surface area contributed by atoms with Gasteiger partial charge in [-0.05, 0) is 60.1 Å². The van der Waals surface area contributed by atoms with E-state index in [1.807, 2.05) is 0 Å². The first kappa shape index (κ1) is 16.5. The Morgan fingerprint density at radius 3 is 2.76 bits per heavy atom. The number of nitrogens with two attached hydrogens (primary N) is 1. The van der Waals surface area contributed by atoms with Crippen LogP contribution in [0.2, 0.25) is 0 Å². The van der Waals surface area contributed by atoms with Crippen molar-refractivity contribution in [1.82, 2.24) is 15.2 Å². The molecule has 0 radical (unpaired) electrons. The largest absolute Gasteiger partial charge is 0.271 e. The molecule has 2 rings (SSSR count). The summed E-state index contributed by atoms with van der Waals surface area (Å²) in [5.41, 5.74) is 7.87. The molecule has 2 aromatic rings. The van der Waals surface area contributed by atoms with Crippen molar-refractivity contribution in [3.63, 3.8) is 0 Å². The van der Waals surface area contributed by atoms with Gasteiger partial charge in [-0.25, -0.2) is 0 Å². The summed E-state index contributed by atoms with van der Waals surface area (Å²) < 4.78 is 3.35. The van der Waals surface area contributed by atoms with Gasteiger partial charge in [-0.1, -0.05) is 25.1 Å². The molecule has 21 heavy (non-hydrogen) atoms. The minimum Gasteiger partial charge on any atom is -0.271 e. The summed E-state index contributed by atoms with van der Waals surface area (Å²) in [6, 6.07) is 8.66. The number of hydrazine groups is 1. The number of hydrogen-bond acceptors (Lipinski definition) is 3. The maximum absolute atomic E-state index is 5.82. The molecule has 0 spiro atoms. The summed E-state index contributed by atoms with van der Waals surface area (Å²) in [6.45, 7) is 7.27. The molecule has 5 heteroatoms. The molecule has 0 bridgehead atoms. The zero-order valence-electron chi connectivity index (χ0n) is 12.9. The topological polar surface area (TPSA) is 55.9 Å². The van der Waals surface area contributed by atoms with Crippen molar-refractivity contribution in [2.45, 2.75) is 46.2 Å². The van der Waals surface area contributed by atoms with Crippen LogP contribution in [0.5, 0.6) is 0 Å². The lowest BCUT2D eigenvalue weighted by molar-refractivity contribution is 0.515. The number of aromatic nitrogens is 2. The molecule has 3 N–H and O–H groups in total. The predicted octanol–water partition coefficient (Wildman–Crippen LogP) is 3.13. The SMILES string of the molecule is CCc1cc(CC(NN)c2cccc(C)c2I)n(CC)n1. The Balaban J connectivity index is 2.31. The second-order valence-electron chi connectivity index (χ2n) is 5.20. The average Bonchev–Trinajstić information content (AvgIpc) is 2.90. The molecule has 1 aromatic heterocycles. The monoisotopic (exact) mass is 398 g/mol. The number of nitrogens with one attached hydrogen (secondary N) is 1. The third-order valence-corrected chi connectivity index (χ3v) is 5.26. The summed E-state index contributed by atoms with van der Waals surface area (Å²) in [7, 11) is 0. The van der Waals surface area contributed by atoms with Crippen molar-refractivity contribution in [3.05, 3.63) is 50.4 Å². The van der Waals surface area contributed by atoms with Gasteiger partial charge < -0.3 is 0 Å².